The molecule has 2 N–H and O–H groups in total. The number of carbonyl (C=O) groups excluding carboxylic acids is 2. The second kappa shape index (κ2) is 8.15. The summed E-state index contributed by atoms with van der Waals surface area (Å²) < 4.78 is 5.52. The van der Waals surface area contributed by atoms with Crippen molar-refractivity contribution in [3.05, 3.63) is 29.8 Å². The third-order valence-electron chi connectivity index (χ3n) is 3.98. The van der Waals surface area contributed by atoms with Gasteiger partial charge in [-0.3, -0.25) is 9.69 Å². The fourth-order valence-electron chi connectivity index (χ4n) is 2.66. The topological polar surface area (TPSA) is 78.9 Å². The largest absolute Gasteiger partial charge is 0.491 e. The molecule has 0 aromatic heterocycles. The van der Waals surface area contributed by atoms with Gasteiger partial charge in [0.05, 0.1) is 6.54 Å². The van der Waals surface area contributed by atoms with Crippen molar-refractivity contribution in [2.45, 2.75) is 45.8 Å². The van der Waals surface area contributed by atoms with E-state index in [9.17, 15) is 14.7 Å². The molecular weight excluding hydrogens is 308 g/mol. The van der Waals surface area contributed by atoms with Gasteiger partial charge in [-0.2, -0.15) is 0 Å². The molecule has 1 aliphatic heterocycles. The van der Waals surface area contributed by atoms with Gasteiger partial charge in [0.2, 0.25) is 0 Å². The van der Waals surface area contributed by atoms with Crippen molar-refractivity contribution in [3.8, 4) is 5.75 Å². The Kier molecular flexibility index (Phi) is 6.20. The Bertz CT molecular complexity index is 571. The molecule has 2 atom stereocenters. The average molecular weight is 334 g/mol. The highest BCUT2D eigenvalue weighted by Gasteiger charge is 2.38. The van der Waals surface area contributed by atoms with Crippen molar-refractivity contribution in [2.24, 2.45) is 5.92 Å². The molecule has 0 saturated carbocycles. The molecule has 1 aliphatic rings. The van der Waals surface area contributed by atoms with Crippen LogP contribution in [0.2, 0.25) is 0 Å². The molecule has 0 unspecified atom stereocenters. The standard InChI is InChI=1S/C18H26N2O4/c1-4-13-5-7-15(8-6-13)24-11-14(21)10-20-17(22)16(9-12(2)3)19-18(20)23/h5-8,12,14,16,21H,4,9-11H2,1-3H3,(H,19,23)/t14-,16-/m1/s1. The van der Waals surface area contributed by atoms with Gasteiger partial charge in [0.25, 0.3) is 5.91 Å². The van der Waals surface area contributed by atoms with E-state index in [1.807, 2.05) is 38.1 Å². The number of aliphatic hydroxyl groups is 1. The first kappa shape index (κ1) is 18.3. The minimum atomic E-state index is -0.927. The van der Waals surface area contributed by atoms with Gasteiger partial charge in [-0.25, -0.2) is 4.79 Å². The molecule has 0 bridgehead atoms. The fourth-order valence-corrected chi connectivity index (χ4v) is 2.66. The Morgan fingerprint density at radius 3 is 2.50 bits per heavy atom. The third-order valence-corrected chi connectivity index (χ3v) is 3.98. The highest BCUT2D eigenvalue weighted by atomic mass is 16.5. The maximum Gasteiger partial charge on any atom is 0.324 e. The van der Waals surface area contributed by atoms with E-state index >= 15 is 0 Å². The van der Waals surface area contributed by atoms with Crippen LogP contribution in [0.15, 0.2) is 24.3 Å². The number of nitrogens with zero attached hydrogens (tertiary/aromatic N) is 1. The Morgan fingerprint density at radius 2 is 1.92 bits per heavy atom. The van der Waals surface area contributed by atoms with Crippen molar-refractivity contribution in [1.82, 2.24) is 10.2 Å². The maximum atomic E-state index is 12.2. The normalized spacial score (nSPS) is 18.9. The average Bonchev–Trinajstić information content (AvgIpc) is 2.80. The highest BCUT2D eigenvalue weighted by molar-refractivity contribution is 6.04. The zero-order chi connectivity index (χ0) is 17.7. The van der Waals surface area contributed by atoms with Crippen molar-refractivity contribution in [1.29, 1.82) is 0 Å². The predicted molar refractivity (Wildman–Crippen MR) is 90.8 cm³/mol. The molecule has 6 nitrogen and oxygen atoms in total. The van der Waals surface area contributed by atoms with Crippen LogP contribution in [0.1, 0.15) is 32.8 Å². The number of aliphatic hydroxyl groups excluding tert-OH is 1. The summed E-state index contributed by atoms with van der Waals surface area (Å²) in [7, 11) is 0. The number of rotatable bonds is 8. The lowest BCUT2D eigenvalue weighted by molar-refractivity contribution is -0.128. The molecule has 3 amide bonds. The van der Waals surface area contributed by atoms with Gasteiger partial charge in [0, 0.05) is 0 Å². The summed E-state index contributed by atoms with van der Waals surface area (Å²) >= 11 is 0. The summed E-state index contributed by atoms with van der Waals surface area (Å²) in [5.74, 6) is 0.680. The van der Waals surface area contributed by atoms with E-state index < -0.39 is 18.2 Å². The number of aryl methyl sites for hydroxylation is 1. The van der Waals surface area contributed by atoms with E-state index in [2.05, 4.69) is 12.2 Å². The summed E-state index contributed by atoms with van der Waals surface area (Å²) in [5, 5.41) is 12.7. The zero-order valence-corrected chi connectivity index (χ0v) is 14.5. The fraction of sp³-hybridized carbons (Fsp3) is 0.556. The number of ether oxygens (including phenoxy) is 1. The van der Waals surface area contributed by atoms with Gasteiger partial charge < -0.3 is 15.2 Å². The van der Waals surface area contributed by atoms with E-state index in [1.165, 1.54) is 5.56 Å². The van der Waals surface area contributed by atoms with E-state index in [0.29, 0.717) is 18.1 Å². The van der Waals surface area contributed by atoms with Crippen LogP contribution < -0.4 is 10.1 Å². The van der Waals surface area contributed by atoms with Gasteiger partial charge >= 0.3 is 6.03 Å². The molecule has 0 spiro atoms. The van der Waals surface area contributed by atoms with Crippen LogP contribution in [-0.4, -0.2) is 47.2 Å². The number of amides is 3. The molecule has 1 heterocycles. The zero-order valence-electron chi connectivity index (χ0n) is 14.5. The maximum absolute atomic E-state index is 12.2. The molecule has 6 heteroatoms. The molecule has 0 radical (unpaired) electrons. The lowest BCUT2D eigenvalue weighted by Crippen LogP contribution is -2.40. The molecule has 1 aromatic carbocycles. The predicted octanol–water partition coefficient (Wildman–Crippen LogP) is 1.96. The van der Waals surface area contributed by atoms with Crippen molar-refractivity contribution >= 4 is 11.9 Å². The second-order valence-electron chi connectivity index (χ2n) is 6.54. The Morgan fingerprint density at radius 1 is 1.25 bits per heavy atom. The van der Waals surface area contributed by atoms with Crippen LogP contribution in [0.4, 0.5) is 4.79 Å². The Labute approximate surface area is 142 Å². The molecule has 1 aromatic rings. The van der Waals surface area contributed by atoms with Crippen LogP contribution >= 0.6 is 0 Å². The third kappa shape index (κ3) is 4.71. The number of benzene rings is 1. The minimum Gasteiger partial charge on any atom is -0.491 e. The van der Waals surface area contributed by atoms with Gasteiger partial charge in [-0.15, -0.1) is 0 Å². The van der Waals surface area contributed by atoms with Gasteiger partial charge in [-0.1, -0.05) is 32.9 Å². The van der Waals surface area contributed by atoms with Gasteiger partial charge in [-0.05, 0) is 36.5 Å². The Hall–Kier alpha value is -2.08. The summed E-state index contributed by atoms with van der Waals surface area (Å²) in [6.07, 6.45) is 0.618. The van der Waals surface area contributed by atoms with E-state index in [1.54, 1.807) is 0 Å². The number of hydrogen-bond acceptors (Lipinski definition) is 4. The van der Waals surface area contributed by atoms with E-state index in [4.69, 9.17) is 4.74 Å². The Balaban J connectivity index is 1.83. The second-order valence-corrected chi connectivity index (χ2v) is 6.54. The van der Waals surface area contributed by atoms with E-state index in [0.717, 1.165) is 11.3 Å². The monoisotopic (exact) mass is 334 g/mol. The van der Waals surface area contributed by atoms with Gasteiger partial charge in [0.1, 0.15) is 24.5 Å². The molecule has 132 valence electrons. The van der Waals surface area contributed by atoms with Crippen LogP contribution in [0, 0.1) is 5.92 Å². The number of carbonyl (C=O) groups is 2. The van der Waals surface area contributed by atoms with E-state index in [-0.39, 0.29) is 19.1 Å². The highest BCUT2D eigenvalue weighted by Crippen LogP contribution is 2.16. The van der Waals surface area contributed by atoms with Crippen molar-refractivity contribution in [3.63, 3.8) is 0 Å². The SMILES string of the molecule is CCc1ccc(OC[C@H](O)CN2C(=O)N[C@H](CC(C)C)C2=O)cc1. The molecule has 2 rings (SSSR count). The van der Waals surface area contributed by atoms with Crippen molar-refractivity contribution < 1.29 is 19.4 Å². The van der Waals surface area contributed by atoms with Crippen molar-refractivity contribution in [2.75, 3.05) is 13.2 Å². The minimum absolute atomic E-state index is 0.0252. The first-order chi connectivity index (χ1) is 11.4. The number of β-amino-alcohol motifs (C(OH)–C–C–N with tert-alkyl or cyclic N) is 1. The molecule has 24 heavy (non-hydrogen) atoms. The summed E-state index contributed by atoms with van der Waals surface area (Å²) in [6.45, 7) is 6.02. The molecule has 1 saturated heterocycles. The molecular formula is C18H26N2O4. The molecule has 1 fully saturated rings. The lowest BCUT2D eigenvalue weighted by Gasteiger charge is -2.18. The number of imide groups is 1. The summed E-state index contributed by atoms with van der Waals surface area (Å²) in [4.78, 5) is 25.2. The van der Waals surface area contributed by atoms with Crippen LogP contribution in [0.25, 0.3) is 0 Å². The quantitative estimate of drug-likeness (QED) is 0.712. The number of hydrogen-bond donors (Lipinski definition) is 2. The van der Waals surface area contributed by atoms with Crippen LogP contribution in [0.5, 0.6) is 5.75 Å². The lowest BCUT2D eigenvalue weighted by atomic mass is 10.0. The van der Waals surface area contributed by atoms with Crippen LogP contribution in [0.3, 0.4) is 0 Å². The number of urea groups is 1. The first-order valence-electron chi connectivity index (χ1n) is 8.42. The first-order valence-corrected chi connectivity index (χ1v) is 8.42. The summed E-state index contributed by atoms with van der Waals surface area (Å²) in [6, 6.07) is 6.69. The number of nitrogens with one attached hydrogen (secondary N) is 1. The molecule has 0 aliphatic carbocycles. The summed E-state index contributed by atoms with van der Waals surface area (Å²) in [5.41, 5.74) is 1.21. The van der Waals surface area contributed by atoms with Gasteiger partial charge in [0.15, 0.2) is 0 Å². The smallest absolute Gasteiger partial charge is 0.324 e. The van der Waals surface area contributed by atoms with Crippen LogP contribution in [-0.2, 0) is 11.2 Å².